The van der Waals surface area contributed by atoms with E-state index in [9.17, 15) is 0 Å². The second kappa shape index (κ2) is 6.20. The van der Waals surface area contributed by atoms with E-state index in [0.717, 1.165) is 29.5 Å². The van der Waals surface area contributed by atoms with Crippen LogP contribution in [0.25, 0.3) is 11.2 Å². The molecule has 5 heteroatoms. The number of imidazole rings is 1. The summed E-state index contributed by atoms with van der Waals surface area (Å²) in [5, 5.41) is 0.736. The largest absolute Gasteiger partial charge is 0.311 e. The fourth-order valence-electron chi connectivity index (χ4n) is 3.84. The van der Waals surface area contributed by atoms with Crippen LogP contribution in [0.2, 0.25) is 0 Å². The Kier molecular flexibility index (Phi) is 4.09. The van der Waals surface area contributed by atoms with Crippen molar-refractivity contribution in [3.8, 4) is 0 Å². The van der Waals surface area contributed by atoms with Crippen LogP contribution < -0.4 is 0 Å². The number of likely N-dealkylation sites (tertiary alicyclic amines) is 1. The Bertz CT molecular complexity index is 647. The highest BCUT2D eigenvalue weighted by molar-refractivity contribution is 8.00. The molecule has 2 saturated heterocycles. The van der Waals surface area contributed by atoms with Crippen LogP contribution in [0.1, 0.15) is 37.4 Å². The van der Waals surface area contributed by atoms with Gasteiger partial charge in [0.05, 0.1) is 0 Å². The Morgan fingerprint density at radius 1 is 1.32 bits per heavy atom. The van der Waals surface area contributed by atoms with Gasteiger partial charge in [-0.1, -0.05) is 0 Å². The number of piperidine rings is 1. The minimum absolute atomic E-state index is 0.555. The normalized spacial score (nSPS) is 26.8. The standard InChI is InChI=1S/C17H24N4S/c1-20-9-3-5-13(11-20)16-19-15-7-2-8-18-17(15)21(16)12-14-6-4-10-22-14/h2,7-8,13-14H,3-6,9-12H2,1H3. The minimum atomic E-state index is 0.555. The van der Waals surface area contributed by atoms with Gasteiger partial charge in [-0.3, -0.25) is 0 Å². The second-order valence-corrected chi connectivity index (χ2v) is 8.07. The van der Waals surface area contributed by atoms with Gasteiger partial charge in [0.25, 0.3) is 0 Å². The molecule has 2 aliphatic heterocycles. The maximum atomic E-state index is 4.98. The number of aromatic nitrogens is 3. The molecule has 118 valence electrons. The summed E-state index contributed by atoms with van der Waals surface area (Å²) in [6.45, 7) is 3.42. The van der Waals surface area contributed by atoms with Crippen molar-refractivity contribution >= 4 is 22.9 Å². The van der Waals surface area contributed by atoms with Crippen LogP contribution >= 0.6 is 11.8 Å². The summed E-state index contributed by atoms with van der Waals surface area (Å²) >= 11 is 2.12. The molecule has 2 aromatic heterocycles. The third kappa shape index (κ3) is 2.76. The fraction of sp³-hybridized carbons (Fsp3) is 0.647. The smallest absolute Gasteiger partial charge is 0.160 e. The number of likely N-dealkylation sites (N-methyl/N-ethyl adjacent to an activating group) is 1. The lowest BCUT2D eigenvalue weighted by Crippen LogP contribution is -2.32. The second-order valence-electron chi connectivity index (χ2n) is 6.66. The Hall–Kier alpha value is -1.07. The predicted molar refractivity (Wildman–Crippen MR) is 92.5 cm³/mol. The van der Waals surface area contributed by atoms with Crippen molar-refractivity contribution in [3.05, 3.63) is 24.2 Å². The molecular formula is C17H24N4S. The Labute approximate surface area is 136 Å². The van der Waals surface area contributed by atoms with E-state index in [1.165, 1.54) is 43.8 Å². The van der Waals surface area contributed by atoms with Crippen LogP contribution in [0.15, 0.2) is 18.3 Å². The average molecular weight is 316 g/mol. The minimum Gasteiger partial charge on any atom is -0.311 e. The summed E-state index contributed by atoms with van der Waals surface area (Å²) in [4.78, 5) is 12.1. The van der Waals surface area contributed by atoms with Crippen molar-refractivity contribution < 1.29 is 0 Å². The van der Waals surface area contributed by atoms with Gasteiger partial charge >= 0.3 is 0 Å². The molecule has 4 heterocycles. The number of hydrogen-bond donors (Lipinski definition) is 0. The van der Waals surface area contributed by atoms with E-state index >= 15 is 0 Å². The lowest BCUT2D eigenvalue weighted by molar-refractivity contribution is 0.243. The van der Waals surface area contributed by atoms with Crippen molar-refractivity contribution in [3.63, 3.8) is 0 Å². The van der Waals surface area contributed by atoms with Gasteiger partial charge in [0.15, 0.2) is 5.65 Å². The van der Waals surface area contributed by atoms with Crippen LogP contribution in [-0.4, -0.2) is 50.6 Å². The zero-order chi connectivity index (χ0) is 14.9. The molecule has 0 N–H and O–H groups in total. The molecule has 0 radical (unpaired) electrons. The van der Waals surface area contributed by atoms with Crippen molar-refractivity contribution in [2.75, 3.05) is 25.9 Å². The van der Waals surface area contributed by atoms with Crippen molar-refractivity contribution in [2.24, 2.45) is 0 Å². The molecule has 0 saturated carbocycles. The van der Waals surface area contributed by atoms with E-state index in [1.807, 2.05) is 12.3 Å². The Morgan fingerprint density at radius 3 is 3.09 bits per heavy atom. The van der Waals surface area contributed by atoms with Gasteiger partial charge in [-0.25, -0.2) is 9.97 Å². The fourth-order valence-corrected chi connectivity index (χ4v) is 5.09. The van der Waals surface area contributed by atoms with Crippen LogP contribution in [0, 0.1) is 0 Å². The SMILES string of the molecule is CN1CCCC(c2nc3cccnc3n2CC2CCCS2)C1. The number of fused-ring (bicyclic) bond motifs is 1. The lowest BCUT2D eigenvalue weighted by Gasteiger charge is -2.29. The van der Waals surface area contributed by atoms with Crippen molar-refractivity contribution in [1.82, 2.24) is 19.4 Å². The summed E-state index contributed by atoms with van der Waals surface area (Å²) in [7, 11) is 2.23. The topological polar surface area (TPSA) is 34.0 Å². The summed E-state index contributed by atoms with van der Waals surface area (Å²) < 4.78 is 2.43. The number of rotatable bonds is 3. The first kappa shape index (κ1) is 14.5. The van der Waals surface area contributed by atoms with E-state index < -0.39 is 0 Å². The number of hydrogen-bond acceptors (Lipinski definition) is 4. The van der Waals surface area contributed by atoms with Gasteiger partial charge in [-0.2, -0.15) is 11.8 Å². The summed E-state index contributed by atoms with van der Waals surface area (Å²) in [5.41, 5.74) is 2.15. The highest BCUT2D eigenvalue weighted by atomic mass is 32.2. The van der Waals surface area contributed by atoms with Gasteiger partial charge in [0.2, 0.25) is 0 Å². The Morgan fingerprint density at radius 2 is 2.27 bits per heavy atom. The highest BCUT2D eigenvalue weighted by Crippen LogP contribution is 2.32. The molecular weight excluding hydrogens is 292 g/mol. The maximum absolute atomic E-state index is 4.98. The average Bonchev–Trinajstić information content (AvgIpc) is 3.16. The van der Waals surface area contributed by atoms with Gasteiger partial charge in [0.1, 0.15) is 11.3 Å². The summed E-state index contributed by atoms with van der Waals surface area (Å²) in [6, 6.07) is 4.11. The maximum Gasteiger partial charge on any atom is 0.160 e. The Balaban J connectivity index is 1.71. The van der Waals surface area contributed by atoms with Gasteiger partial charge < -0.3 is 9.47 Å². The molecule has 2 atom stereocenters. The highest BCUT2D eigenvalue weighted by Gasteiger charge is 2.27. The summed E-state index contributed by atoms with van der Waals surface area (Å²) in [5.74, 6) is 3.14. The monoisotopic (exact) mass is 316 g/mol. The molecule has 0 amide bonds. The van der Waals surface area contributed by atoms with Gasteiger partial charge in [-0.05, 0) is 57.2 Å². The molecule has 2 aromatic rings. The van der Waals surface area contributed by atoms with Crippen LogP contribution in [0.5, 0.6) is 0 Å². The molecule has 0 aromatic carbocycles. The molecule has 2 fully saturated rings. The number of thioether (sulfide) groups is 1. The molecule has 2 aliphatic rings. The first-order chi connectivity index (χ1) is 10.8. The van der Waals surface area contributed by atoms with E-state index in [2.05, 4.69) is 39.3 Å². The molecule has 0 bridgehead atoms. The van der Waals surface area contributed by atoms with E-state index in [1.54, 1.807) is 0 Å². The molecule has 4 nitrogen and oxygen atoms in total. The van der Waals surface area contributed by atoms with Gasteiger partial charge in [0, 0.05) is 30.5 Å². The van der Waals surface area contributed by atoms with Crippen LogP contribution in [0.4, 0.5) is 0 Å². The van der Waals surface area contributed by atoms with Crippen molar-refractivity contribution in [1.29, 1.82) is 0 Å². The number of nitrogens with zero attached hydrogens (tertiary/aromatic N) is 4. The lowest BCUT2D eigenvalue weighted by atomic mass is 9.97. The molecule has 0 spiro atoms. The zero-order valence-corrected chi connectivity index (χ0v) is 14.1. The van der Waals surface area contributed by atoms with Crippen molar-refractivity contribution in [2.45, 2.75) is 43.4 Å². The third-order valence-electron chi connectivity index (χ3n) is 4.93. The van der Waals surface area contributed by atoms with E-state index in [4.69, 9.17) is 4.98 Å². The zero-order valence-electron chi connectivity index (χ0n) is 13.2. The predicted octanol–water partition coefficient (Wildman–Crippen LogP) is 3.14. The molecule has 0 aliphatic carbocycles. The van der Waals surface area contributed by atoms with Crippen LogP contribution in [0.3, 0.4) is 0 Å². The number of pyridine rings is 1. The molecule has 2 unspecified atom stereocenters. The quantitative estimate of drug-likeness (QED) is 0.871. The van der Waals surface area contributed by atoms with E-state index in [-0.39, 0.29) is 0 Å². The third-order valence-corrected chi connectivity index (χ3v) is 6.31. The molecule has 4 rings (SSSR count). The molecule has 22 heavy (non-hydrogen) atoms. The first-order valence-electron chi connectivity index (χ1n) is 8.42. The first-order valence-corrected chi connectivity index (χ1v) is 9.47. The van der Waals surface area contributed by atoms with E-state index in [0.29, 0.717) is 5.92 Å². The summed E-state index contributed by atoms with van der Waals surface area (Å²) in [6.07, 6.45) is 7.12. The van der Waals surface area contributed by atoms with Gasteiger partial charge in [-0.15, -0.1) is 0 Å². The van der Waals surface area contributed by atoms with Crippen LogP contribution in [-0.2, 0) is 6.54 Å².